The summed E-state index contributed by atoms with van der Waals surface area (Å²) >= 11 is 1.65. The lowest BCUT2D eigenvalue weighted by Crippen LogP contribution is -2.49. The molecule has 1 aromatic carbocycles. The number of hydrogen-bond donors (Lipinski definition) is 2. The van der Waals surface area contributed by atoms with E-state index in [0.717, 1.165) is 53.9 Å². The SMILES string of the molecule is CN=C(NCc1ccc(-c2nc3ccccc3s2)o1)NC1CCN(C(C)C)CC1. The third-order valence-electron chi connectivity index (χ3n) is 5.42. The molecule has 0 bridgehead atoms. The predicted octanol–water partition coefficient (Wildman–Crippen LogP) is 4.09. The number of guanidine groups is 1. The number of hydrogen-bond acceptors (Lipinski definition) is 5. The van der Waals surface area contributed by atoms with Gasteiger partial charge in [-0.3, -0.25) is 4.99 Å². The summed E-state index contributed by atoms with van der Waals surface area (Å²) in [6.07, 6.45) is 2.28. The van der Waals surface area contributed by atoms with Gasteiger partial charge in [0.2, 0.25) is 0 Å². The van der Waals surface area contributed by atoms with Crippen molar-refractivity contribution >= 4 is 27.5 Å². The Hall–Kier alpha value is -2.38. The molecule has 0 radical (unpaired) electrons. The number of furan rings is 1. The maximum atomic E-state index is 6.02. The Labute approximate surface area is 176 Å². The van der Waals surface area contributed by atoms with Gasteiger partial charge in [0, 0.05) is 32.2 Å². The van der Waals surface area contributed by atoms with Crippen LogP contribution in [0.4, 0.5) is 0 Å². The van der Waals surface area contributed by atoms with Crippen LogP contribution < -0.4 is 10.6 Å². The molecule has 6 nitrogen and oxygen atoms in total. The summed E-state index contributed by atoms with van der Waals surface area (Å²) < 4.78 is 7.19. The van der Waals surface area contributed by atoms with Crippen molar-refractivity contribution in [2.24, 2.45) is 4.99 Å². The van der Waals surface area contributed by atoms with Crippen LogP contribution >= 0.6 is 11.3 Å². The van der Waals surface area contributed by atoms with E-state index in [1.807, 2.05) is 37.4 Å². The van der Waals surface area contributed by atoms with Crippen molar-refractivity contribution < 1.29 is 4.42 Å². The van der Waals surface area contributed by atoms with Gasteiger partial charge in [-0.2, -0.15) is 0 Å². The molecule has 0 aliphatic carbocycles. The molecule has 1 aliphatic heterocycles. The molecule has 0 amide bonds. The molecular formula is C22H29N5OS. The molecule has 3 aromatic rings. The van der Waals surface area contributed by atoms with E-state index >= 15 is 0 Å². The third kappa shape index (κ3) is 4.79. The highest BCUT2D eigenvalue weighted by molar-refractivity contribution is 7.21. The number of para-hydroxylation sites is 1. The smallest absolute Gasteiger partial charge is 0.191 e. The number of fused-ring (bicyclic) bond motifs is 1. The topological polar surface area (TPSA) is 65.7 Å². The summed E-state index contributed by atoms with van der Waals surface area (Å²) in [6.45, 7) is 7.39. The first kappa shape index (κ1) is 19.9. The van der Waals surface area contributed by atoms with Crippen molar-refractivity contribution in [2.75, 3.05) is 20.1 Å². The molecular weight excluding hydrogens is 382 g/mol. The second-order valence-electron chi connectivity index (χ2n) is 7.73. The van der Waals surface area contributed by atoms with Crippen LogP contribution in [0.3, 0.4) is 0 Å². The lowest BCUT2D eigenvalue weighted by molar-refractivity contribution is 0.167. The largest absolute Gasteiger partial charge is 0.457 e. The minimum absolute atomic E-state index is 0.464. The van der Waals surface area contributed by atoms with Gasteiger partial charge in [0.05, 0.1) is 16.8 Å². The molecule has 1 fully saturated rings. The van der Waals surface area contributed by atoms with Crippen molar-refractivity contribution in [1.82, 2.24) is 20.5 Å². The van der Waals surface area contributed by atoms with Crippen LogP contribution in [0.2, 0.25) is 0 Å². The van der Waals surface area contributed by atoms with E-state index in [2.05, 4.69) is 45.4 Å². The Balaban J connectivity index is 1.32. The van der Waals surface area contributed by atoms with Crippen LogP contribution in [-0.4, -0.2) is 48.1 Å². The van der Waals surface area contributed by atoms with Crippen molar-refractivity contribution in [3.8, 4) is 10.8 Å². The van der Waals surface area contributed by atoms with Gasteiger partial charge in [-0.1, -0.05) is 12.1 Å². The highest BCUT2D eigenvalue weighted by Crippen LogP contribution is 2.31. The van der Waals surface area contributed by atoms with Crippen LogP contribution in [0.1, 0.15) is 32.4 Å². The second kappa shape index (κ2) is 8.97. The number of nitrogens with one attached hydrogen (secondary N) is 2. The van der Waals surface area contributed by atoms with Crippen molar-refractivity contribution in [3.05, 3.63) is 42.2 Å². The molecule has 29 heavy (non-hydrogen) atoms. The van der Waals surface area contributed by atoms with Crippen molar-refractivity contribution in [3.63, 3.8) is 0 Å². The zero-order valence-corrected chi connectivity index (χ0v) is 18.1. The molecule has 7 heteroatoms. The van der Waals surface area contributed by atoms with Gasteiger partial charge in [0.15, 0.2) is 16.7 Å². The van der Waals surface area contributed by atoms with Gasteiger partial charge in [0.25, 0.3) is 0 Å². The molecule has 4 rings (SSSR count). The maximum Gasteiger partial charge on any atom is 0.191 e. The fourth-order valence-corrected chi connectivity index (χ4v) is 4.61. The van der Waals surface area contributed by atoms with Gasteiger partial charge < -0.3 is 20.0 Å². The first-order valence-electron chi connectivity index (χ1n) is 10.3. The minimum atomic E-state index is 0.464. The van der Waals surface area contributed by atoms with Gasteiger partial charge in [-0.25, -0.2) is 4.98 Å². The molecule has 0 atom stereocenters. The highest BCUT2D eigenvalue weighted by Gasteiger charge is 2.21. The van der Waals surface area contributed by atoms with Crippen LogP contribution in [-0.2, 0) is 6.54 Å². The van der Waals surface area contributed by atoms with E-state index in [4.69, 9.17) is 4.42 Å². The second-order valence-corrected chi connectivity index (χ2v) is 8.76. The number of likely N-dealkylation sites (tertiary alicyclic amines) is 1. The van der Waals surface area contributed by atoms with Gasteiger partial charge >= 0.3 is 0 Å². The van der Waals surface area contributed by atoms with Gasteiger partial charge in [-0.15, -0.1) is 11.3 Å². The number of benzene rings is 1. The zero-order chi connectivity index (χ0) is 20.2. The van der Waals surface area contributed by atoms with E-state index in [9.17, 15) is 0 Å². The minimum Gasteiger partial charge on any atom is -0.457 e. The van der Waals surface area contributed by atoms with Crippen LogP contribution in [0, 0.1) is 0 Å². The predicted molar refractivity (Wildman–Crippen MR) is 120 cm³/mol. The molecule has 1 saturated heterocycles. The number of rotatable bonds is 5. The number of nitrogens with zero attached hydrogens (tertiary/aromatic N) is 3. The van der Waals surface area contributed by atoms with Gasteiger partial charge in [0.1, 0.15) is 5.76 Å². The quantitative estimate of drug-likeness (QED) is 0.489. The van der Waals surface area contributed by atoms with E-state index in [0.29, 0.717) is 18.6 Å². The summed E-state index contributed by atoms with van der Waals surface area (Å²) in [5, 5.41) is 7.84. The molecule has 0 unspecified atom stereocenters. The monoisotopic (exact) mass is 411 g/mol. The van der Waals surface area contributed by atoms with E-state index < -0.39 is 0 Å². The first-order chi connectivity index (χ1) is 14.1. The zero-order valence-electron chi connectivity index (χ0n) is 17.3. The Morgan fingerprint density at radius 3 is 2.76 bits per heavy atom. The number of thiazole rings is 1. The van der Waals surface area contributed by atoms with E-state index in [1.165, 1.54) is 4.70 Å². The van der Waals surface area contributed by atoms with E-state index in [-0.39, 0.29) is 0 Å². The average Bonchev–Trinajstić information content (AvgIpc) is 3.38. The fraction of sp³-hybridized carbons (Fsp3) is 0.455. The van der Waals surface area contributed by atoms with Crippen molar-refractivity contribution in [1.29, 1.82) is 0 Å². The molecule has 0 spiro atoms. The first-order valence-corrected chi connectivity index (χ1v) is 11.1. The van der Waals surface area contributed by atoms with Crippen LogP contribution in [0.15, 0.2) is 45.8 Å². The number of aliphatic imine (C=N–C) groups is 1. The molecule has 154 valence electrons. The molecule has 0 saturated carbocycles. The Morgan fingerprint density at radius 2 is 2.03 bits per heavy atom. The third-order valence-corrected chi connectivity index (χ3v) is 6.47. The lowest BCUT2D eigenvalue weighted by atomic mass is 10.0. The average molecular weight is 412 g/mol. The standard InChI is InChI=1S/C22H29N5OS/c1-15(2)27-12-10-16(11-13-27)25-22(23-3)24-14-17-8-9-19(28-17)21-26-18-6-4-5-7-20(18)29-21/h4-9,15-16H,10-14H2,1-3H3,(H2,23,24,25). The highest BCUT2D eigenvalue weighted by atomic mass is 32.1. The van der Waals surface area contributed by atoms with Gasteiger partial charge in [-0.05, 0) is 51.0 Å². The summed E-state index contributed by atoms with van der Waals surface area (Å²) in [7, 11) is 1.81. The molecule has 1 aliphatic rings. The summed E-state index contributed by atoms with van der Waals surface area (Å²) in [4.78, 5) is 11.6. The van der Waals surface area contributed by atoms with Crippen molar-refractivity contribution in [2.45, 2.75) is 45.3 Å². The van der Waals surface area contributed by atoms with Crippen LogP contribution in [0.25, 0.3) is 21.0 Å². The number of piperidine rings is 1. The fourth-order valence-electron chi connectivity index (χ4n) is 3.68. The van der Waals surface area contributed by atoms with Crippen LogP contribution in [0.5, 0.6) is 0 Å². The Kier molecular flexibility index (Phi) is 6.16. The maximum absolute atomic E-state index is 6.02. The Bertz CT molecular complexity index is 935. The summed E-state index contributed by atoms with van der Waals surface area (Å²) in [5.41, 5.74) is 1.01. The molecule has 2 N–H and O–H groups in total. The number of aromatic nitrogens is 1. The molecule has 3 heterocycles. The normalized spacial score (nSPS) is 16.6. The Morgan fingerprint density at radius 1 is 1.24 bits per heavy atom. The summed E-state index contributed by atoms with van der Waals surface area (Å²) in [5.74, 6) is 2.51. The summed E-state index contributed by atoms with van der Waals surface area (Å²) in [6, 6.07) is 13.2. The van der Waals surface area contributed by atoms with E-state index in [1.54, 1.807) is 11.3 Å². The molecule has 2 aromatic heterocycles. The lowest BCUT2D eigenvalue weighted by Gasteiger charge is -2.35.